The van der Waals surface area contributed by atoms with E-state index in [1.165, 1.54) is 5.56 Å². The molecule has 2 N–H and O–H groups in total. The average Bonchev–Trinajstić information content (AvgIpc) is 2.36. The van der Waals surface area contributed by atoms with Crippen molar-refractivity contribution in [2.45, 2.75) is 19.1 Å². The molecule has 0 spiro atoms. The number of thioether (sulfide) groups is 1. The zero-order chi connectivity index (χ0) is 14.3. The molecule has 0 aromatic heterocycles. The van der Waals surface area contributed by atoms with Gasteiger partial charge >= 0.3 is 5.97 Å². The van der Waals surface area contributed by atoms with Crippen molar-refractivity contribution < 1.29 is 14.7 Å². The van der Waals surface area contributed by atoms with Crippen LogP contribution in [0.1, 0.15) is 29.3 Å². The minimum atomic E-state index is -0.844. The summed E-state index contributed by atoms with van der Waals surface area (Å²) in [5, 5.41) is 11.4. The van der Waals surface area contributed by atoms with Crippen LogP contribution in [0.25, 0.3) is 0 Å². The summed E-state index contributed by atoms with van der Waals surface area (Å²) in [7, 11) is 0. The second kappa shape index (κ2) is 7.84. The molecule has 1 aromatic rings. The minimum absolute atomic E-state index is 0.0624. The first kappa shape index (κ1) is 15.6. The number of amides is 1. The van der Waals surface area contributed by atoms with Crippen LogP contribution in [-0.2, 0) is 10.5 Å². The lowest BCUT2D eigenvalue weighted by Crippen LogP contribution is -2.29. The van der Waals surface area contributed by atoms with E-state index >= 15 is 0 Å². The van der Waals surface area contributed by atoms with Crippen LogP contribution in [0.5, 0.6) is 0 Å². The Hall–Kier alpha value is -1.49. The van der Waals surface area contributed by atoms with Gasteiger partial charge in [-0.25, -0.2) is 0 Å². The van der Waals surface area contributed by atoms with Gasteiger partial charge in [0, 0.05) is 24.3 Å². The standard InChI is InChI=1S/C14H19NO3S/c1-10(7-13(16)17)8-15-14(18)12-5-3-11(4-6-12)9-19-2/h3-6,10H,7-9H2,1-2H3,(H,15,18)(H,16,17). The van der Waals surface area contributed by atoms with E-state index in [9.17, 15) is 9.59 Å². The third-order valence-electron chi connectivity index (χ3n) is 2.66. The SMILES string of the molecule is CSCc1ccc(C(=O)NCC(C)CC(=O)O)cc1. The van der Waals surface area contributed by atoms with E-state index in [-0.39, 0.29) is 18.2 Å². The molecule has 4 nitrogen and oxygen atoms in total. The normalized spacial score (nSPS) is 11.9. The summed E-state index contributed by atoms with van der Waals surface area (Å²) in [5.41, 5.74) is 1.79. The van der Waals surface area contributed by atoms with Crippen molar-refractivity contribution in [1.82, 2.24) is 5.32 Å². The molecule has 19 heavy (non-hydrogen) atoms. The molecule has 0 heterocycles. The summed E-state index contributed by atoms with van der Waals surface area (Å²) in [5.74, 6) is -0.148. The van der Waals surface area contributed by atoms with Crippen molar-refractivity contribution >= 4 is 23.6 Å². The van der Waals surface area contributed by atoms with Crippen molar-refractivity contribution in [1.29, 1.82) is 0 Å². The molecule has 0 aliphatic rings. The van der Waals surface area contributed by atoms with Gasteiger partial charge in [-0.15, -0.1) is 0 Å². The molecule has 5 heteroatoms. The summed E-state index contributed by atoms with van der Waals surface area (Å²) < 4.78 is 0. The Bertz CT molecular complexity index is 431. The van der Waals surface area contributed by atoms with E-state index in [2.05, 4.69) is 5.32 Å². The van der Waals surface area contributed by atoms with Crippen LogP contribution >= 0.6 is 11.8 Å². The van der Waals surface area contributed by atoms with Crippen molar-refractivity contribution in [3.05, 3.63) is 35.4 Å². The van der Waals surface area contributed by atoms with Crippen LogP contribution in [0.15, 0.2) is 24.3 Å². The lowest BCUT2D eigenvalue weighted by Gasteiger charge is -2.10. The molecular formula is C14H19NO3S. The quantitative estimate of drug-likeness (QED) is 0.805. The van der Waals surface area contributed by atoms with Gasteiger partial charge in [0.25, 0.3) is 5.91 Å². The second-order valence-electron chi connectivity index (χ2n) is 4.54. The Kier molecular flexibility index (Phi) is 6.42. The number of carboxylic acids is 1. The second-order valence-corrected chi connectivity index (χ2v) is 5.41. The molecule has 0 bridgehead atoms. The van der Waals surface area contributed by atoms with Gasteiger partial charge in [-0.3, -0.25) is 9.59 Å². The number of hydrogen-bond acceptors (Lipinski definition) is 3. The van der Waals surface area contributed by atoms with Gasteiger partial charge in [0.15, 0.2) is 0 Å². The van der Waals surface area contributed by atoms with Crippen LogP contribution < -0.4 is 5.32 Å². The van der Waals surface area contributed by atoms with E-state index in [4.69, 9.17) is 5.11 Å². The van der Waals surface area contributed by atoms with Gasteiger partial charge in [-0.2, -0.15) is 11.8 Å². The molecule has 1 atom stereocenters. The van der Waals surface area contributed by atoms with E-state index in [1.54, 1.807) is 30.8 Å². The Labute approximate surface area is 117 Å². The molecule has 0 saturated heterocycles. The Morgan fingerprint density at radius 3 is 2.47 bits per heavy atom. The van der Waals surface area contributed by atoms with Gasteiger partial charge in [0.2, 0.25) is 0 Å². The van der Waals surface area contributed by atoms with E-state index < -0.39 is 5.97 Å². The number of nitrogens with one attached hydrogen (secondary N) is 1. The summed E-state index contributed by atoms with van der Waals surface area (Å²) in [6.07, 6.45) is 2.09. The zero-order valence-electron chi connectivity index (χ0n) is 11.2. The molecule has 1 unspecified atom stereocenters. The molecular weight excluding hydrogens is 262 g/mol. The number of aliphatic carboxylic acids is 1. The molecule has 104 valence electrons. The third-order valence-corrected chi connectivity index (χ3v) is 3.28. The van der Waals surface area contributed by atoms with E-state index in [0.29, 0.717) is 12.1 Å². The van der Waals surface area contributed by atoms with Crippen molar-refractivity contribution in [2.24, 2.45) is 5.92 Å². The van der Waals surface area contributed by atoms with E-state index in [1.807, 2.05) is 18.4 Å². The van der Waals surface area contributed by atoms with Crippen LogP contribution in [0.4, 0.5) is 0 Å². The topological polar surface area (TPSA) is 66.4 Å². The first-order valence-corrected chi connectivity index (χ1v) is 7.50. The van der Waals surface area contributed by atoms with Crippen molar-refractivity contribution in [3.8, 4) is 0 Å². The average molecular weight is 281 g/mol. The highest BCUT2D eigenvalue weighted by molar-refractivity contribution is 7.97. The predicted octanol–water partition coefficient (Wildman–Crippen LogP) is 2.39. The smallest absolute Gasteiger partial charge is 0.303 e. The lowest BCUT2D eigenvalue weighted by molar-refractivity contribution is -0.137. The molecule has 1 amide bonds. The lowest BCUT2D eigenvalue weighted by atomic mass is 10.1. The fourth-order valence-electron chi connectivity index (χ4n) is 1.66. The maximum Gasteiger partial charge on any atom is 0.303 e. The van der Waals surface area contributed by atoms with Gasteiger partial charge in [0.1, 0.15) is 0 Å². The zero-order valence-corrected chi connectivity index (χ0v) is 12.0. The molecule has 0 aliphatic heterocycles. The van der Waals surface area contributed by atoms with Crippen molar-refractivity contribution in [3.63, 3.8) is 0 Å². The van der Waals surface area contributed by atoms with Crippen LogP contribution in [0, 0.1) is 5.92 Å². The van der Waals surface area contributed by atoms with Gasteiger partial charge in [-0.05, 0) is 29.9 Å². The predicted molar refractivity (Wildman–Crippen MR) is 77.4 cm³/mol. The highest BCUT2D eigenvalue weighted by Crippen LogP contribution is 2.10. The van der Waals surface area contributed by atoms with Crippen molar-refractivity contribution in [2.75, 3.05) is 12.8 Å². The molecule has 0 radical (unpaired) electrons. The number of hydrogen-bond donors (Lipinski definition) is 2. The van der Waals surface area contributed by atoms with Crippen LogP contribution in [0.2, 0.25) is 0 Å². The molecule has 0 aliphatic carbocycles. The van der Waals surface area contributed by atoms with Crippen LogP contribution in [-0.4, -0.2) is 29.8 Å². The number of carboxylic acid groups (broad SMARTS) is 1. The summed E-state index contributed by atoms with van der Waals surface area (Å²) in [4.78, 5) is 22.3. The highest BCUT2D eigenvalue weighted by atomic mass is 32.2. The molecule has 0 fully saturated rings. The minimum Gasteiger partial charge on any atom is -0.481 e. The van der Waals surface area contributed by atoms with Gasteiger partial charge < -0.3 is 10.4 Å². The molecule has 1 rings (SSSR count). The Morgan fingerprint density at radius 1 is 1.32 bits per heavy atom. The van der Waals surface area contributed by atoms with Gasteiger partial charge in [-0.1, -0.05) is 19.1 Å². The highest BCUT2D eigenvalue weighted by Gasteiger charge is 2.10. The third kappa shape index (κ3) is 5.79. The number of carbonyl (C=O) groups excluding carboxylic acids is 1. The fraction of sp³-hybridized carbons (Fsp3) is 0.429. The molecule has 0 saturated carbocycles. The first-order valence-electron chi connectivity index (χ1n) is 6.10. The largest absolute Gasteiger partial charge is 0.481 e. The Morgan fingerprint density at radius 2 is 1.95 bits per heavy atom. The summed E-state index contributed by atoms with van der Waals surface area (Å²) in [6, 6.07) is 7.46. The number of carbonyl (C=O) groups is 2. The maximum atomic E-state index is 11.8. The first-order chi connectivity index (χ1) is 9.02. The fourth-order valence-corrected chi connectivity index (χ4v) is 2.18. The number of benzene rings is 1. The van der Waals surface area contributed by atoms with Crippen LogP contribution in [0.3, 0.4) is 0 Å². The van der Waals surface area contributed by atoms with E-state index in [0.717, 1.165) is 5.75 Å². The summed E-state index contributed by atoms with van der Waals surface area (Å²) >= 11 is 1.73. The monoisotopic (exact) mass is 281 g/mol. The summed E-state index contributed by atoms with van der Waals surface area (Å²) in [6.45, 7) is 2.17. The molecule has 1 aromatic carbocycles. The maximum absolute atomic E-state index is 11.8. The van der Waals surface area contributed by atoms with Gasteiger partial charge in [0.05, 0.1) is 0 Å². The Balaban J connectivity index is 2.47. The number of rotatable bonds is 7.